The number of rotatable bonds is 3. The molecular formula is C7H13NO2. The largest absolute Gasteiger partial charge is 0.383 e. The third kappa shape index (κ3) is 1.80. The predicted octanol–water partition coefficient (Wildman–Crippen LogP) is -0.177. The Morgan fingerprint density at radius 1 is 1.80 bits per heavy atom. The second-order valence-electron chi connectivity index (χ2n) is 2.33. The Bertz CT molecular complexity index is 125. The molecule has 1 rings (SSSR count). The van der Waals surface area contributed by atoms with Crippen molar-refractivity contribution in [2.45, 2.75) is 6.23 Å². The van der Waals surface area contributed by atoms with Crippen LogP contribution in [0.25, 0.3) is 0 Å². The average Bonchev–Trinajstić information content (AvgIpc) is 2.31. The second kappa shape index (κ2) is 3.71. The van der Waals surface area contributed by atoms with E-state index in [2.05, 4.69) is 0 Å². The van der Waals surface area contributed by atoms with Gasteiger partial charge in [-0.05, 0) is 6.08 Å². The van der Waals surface area contributed by atoms with Crippen LogP contribution in [-0.4, -0.2) is 43.0 Å². The van der Waals surface area contributed by atoms with Gasteiger partial charge in [0.1, 0.15) is 6.23 Å². The molecule has 0 bridgehead atoms. The van der Waals surface area contributed by atoms with E-state index < -0.39 is 6.23 Å². The first-order valence-electron chi connectivity index (χ1n) is 3.42. The van der Waals surface area contributed by atoms with Gasteiger partial charge in [0.25, 0.3) is 0 Å². The van der Waals surface area contributed by atoms with Crippen molar-refractivity contribution in [1.29, 1.82) is 0 Å². The Hall–Kier alpha value is -0.380. The Morgan fingerprint density at radius 3 is 3.10 bits per heavy atom. The third-order valence-electron chi connectivity index (χ3n) is 1.60. The van der Waals surface area contributed by atoms with E-state index in [-0.39, 0.29) is 0 Å². The summed E-state index contributed by atoms with van der Waals surface area (Å²) >= 11 is 0. The summed E-state index contributed by atoms with van der Waals surface area (Å²) in [6.45, 7) is 2.31. The van der Waals surface area contributed by atoms with Crippen LogP contribution in [0.4, 0.5) is 0 Å². The zero-order valence-corrected chi connectivity index (χ0v) is 6.16. The lowest BCUT2D eigenvalue weighted by atomic mass is 10.5. The minimum atomic E-state index is -0.393. The zero-order valence-electron chi connectivity index (χ0n) is 6.16. The number of nitrogens with zero attached hydrogens (tertiary/aromatic N) is 1. The first-order chi connectivity index (χ1) is 4.84. The summed E-state index contributed by atoms with van der Waals surface area (Å²) in [6, 6.07) is 0. The lowest BCUT2D eigenvalue weighted by Gasteiger charge is -2.18. The van der Waals surface area contributed by atoms with Crippen molar-refractivity contribution < 1.29 is 9.84 Å². The molecule has 10 heavy (non-hydrogen) atoms. The topological polar surface area (TPSA) is 32.7 Å². The van der Waals surface area contributed by atoms with Crippen LogP contribution in [0.5, 0.6) is 0 Å². The van der Waals surface area contributed by atoms with Crippen molar-refractivity contribution in [3.05, 3.63) is 12.2 Å². The number of hydrogen-bond donors (Lipinski definition) is 1. The van der Waals surface area contributed by atoms with Crippen LogP contribution in [0.3, 0.4) is 0 Å². The zero-order chi connectivity index (χ0) is 7.40. The van der Waals surface area contributed by atoms with E-state index in [1.54, 1.807) is 13.2 Å². The van der Waals surface area contributed by atoms with Crippen LogP contribution in [0.15, 0.2) is 12.2 Å². The van der Waals surface area contributed by atoms with E-state index in [0.29, 0.717) is 6.61 Å². The summed E-state index contributed by atoms with van der Waals surface area (Å²) < 4.78 is 4.87. The van der Waals surface area contributed by atoms with E-state index in [4.69, 9.17) is 4.74 Å². The number of methoxy groups -OCH3 is 1. The molecule has 0 saturated carbocycles. The van der Waals surface area contributed by atoms with Gasteiger partial charge in [-0.3, -0.25) is 4.90 Å². The van der Waals surface area contributed by atoms with Gasteiger partial charge in [-0.15, -0.1) is 0 Å². The molecule has 3 nitrogen and oxygen atoms in total. The van der Waals surface area contributed by atoms with Gasteiger partial charge < -0.3 is 9.84 Å². The van der Waals surface area contributed by atoms with Gasteiger partial charge in [0.05, 0.1) is 6.61 Å². The highest BCUT2D eigenvalue weighted by molar-refractivity contribution is 4.98. The molecule has 1 unspecified atom stereocenters. The summed E-state index contributed by atoms with van der Waals surface area (Å²) in [7, 11) is 1.66. The molecule has 0 radical (unpaired) electrons. The highest BCUT2D eigenvalue weighted by Crippen LogP contribution is 2.04. The van der Waals surface area contributed by atoms with E-state index in [1.807, 2.05) is 11.0 Å². The Kier molecular flexibility index (Phi) is 2.86. The highest BCUT2D eigenvalue weighted by atomic mass is 16.5. The molecule has 0 fully saturated rings. The van der Waals surface area contributed by atoms with E-state index in [9.17, 15) is 5.11 Å². The van der Waals surface area contributed by atoms with E-state index in [1.165, 1.54) is 0 Å². The van der Waals surface area contributed by atoms with Crippen molar-refractivity contribution >= 4 is 0 Å². The van der Waals surface area contributed by atoms with E-state index in [0.717, 1.165) is 13.1 Å². The highest BCUT2D eigenvalue weighted by Gasteiger charge is 2.14. The fraction of sp³-hybridized carbons (Fsp3) is 0.714. The number of ether oxygens (including phenoxy) is 1. The molecule has 0 saturated heterocycles. The molecule has 0 spiro atoms. The molecule has 58 valence electrons. The maximum atomic E-state index is 9.20. The molecule has 3 heteroatoms. The molecule has 0 aliphatic carbocycles. The summed E-state index contributed by atoms with van der Waals surface area (Å²) in [5.74, 6) is 0. The van der Waals surface area contributed by atoms with Crippen LogP contribution in [0, 0.1) is 0 Å². The summed E-state index contributed by atoms with van der Waals surface area (Å²) in [5, 5.41) is 9.20. The van der Waals surface area contributed by atoms with Gasteiger partial charge in [0.15, 0.2) is 0 Å². The molecule has 0 aromatic heterocycles. The lowest BCUT2D eigenvalue weighted by molar-refractivity contribution is 0.0422. The molecule has 1 N–H and O–H groups in total. The first kappa shape index (κ1) is 7.72. The maximum Gasteiger partial charge on any atom is 0.126 e. The molecule has 0 aromatic carbocycles. The van der Waals surface area contributed by atoms with Crippen molar-refractivity contribution in [1.82, 2.24) is 4.90 Å². The van der Waals surface area contributed by atoms with Crippen LogP contribution < -0.4 is 0 Å². The molecule has 1 aliphatic rings. The van der Waals surface area contributed by atoms with Crippen LogP contribution in [0.2, 0.25) is 0 Å². The van der Waals surface area contributed by atoms with Gasteiger partial charge in [-0.1, -0.05) is 6.08 Å². The number of aliphatic hydroxyl groups excluding tert-OH is 1. The SMILES string of the molecule is COCCN1CC=CC1O. The second-order valence-corrected chi connectivity index (χ2v) is 2.33. The lowest BCUT2D eigenvalue weighted by Crippen LogP contribution is -2.32. The van der Waals surface area contributed by atoms with Crippen LogP contribution in [-0.2, 0) is 4.74 Å². The number of aliphatic hydroxyl groups is 1. The van der Waals surface area contributed by atoms with Gasteiger partial charge >= 0.3 is 0 Å². The minimum absolute atomic E-state index is 0.393. The molecule has 1 atom stereocenters. The van der Waals surface area contributed by atoms with Crippen molar-refractivity contribution in [3.8, 4) is 0 Å². The molecule has 0 amide bonds. The molecule has 1 aliphatic heterocycles. The summed E-state index contributed by atoms with van der Waals surface area (Å²) in [4.78, 5) is 1.93. The van der Waals surface area contributed by atoms with E-state index >= 15 is 0 Å². The number of hydrogen-bond acceptors (Lipinski definition) is 3. The molecule has 0 aromatic rings. The molecular weight excluding hydrogens is 130 g/mol. The average molecular weight is 143 g/mol. The predicted molar refractivity (Wildman–Crippen MR) is 38.6 cm³/mol. The maximum absolute atomic E-state index is 9.20. The Balaban J connectivity index is 2.17. The standard InChI is InChI=1S/C7H13NO2/c1-10-6-5-8-4-2-3-7(8)9/h2-3,7,9H,4-6H2,1H3. The van der Waals surface area contributed by atoms with Gasteiger partial charge in [0, 0.05) is 20.2 Å². The van der Waals surface area contributed by atoms with Gasteiger partial charge in [-0.2, -0.15) is 0 Å². The minimum Gasteiger partial charge on any atom is -0.383 e. The third-order valence-corrected chi connectivity index (χ3v) is 1.60. The summed E-state index contributed by atoms with van der Waals surface area (Å²) in [5.41, 5.74) is 0. The molecule has 1 heterocycles. The Labute approximate surface area is 60.9 Å². The fourth-order valence-electron chi connectivity index (χ4n) is 0.980. The normalized spacial score (nSPS) is 26.0. The van der Waals surface area contributed by atoms with Gasteiger partial charge in [-0.25, -0.2) is 0 Å². The fourth-order valence-corrected chi connectivity index (χ4v) is 0.980. The van der Waals surface area contributed by atoms with Crippen LogP contribution in [0.1, 0.15) is 0 Å². The van der Waals surface area contributed by atoms with Crippen molar-refractivity contribution in [2.24, 2.45) is 0 Å². The van der Waals surface area contributed by atoms with Crippen molar-refractivity contribution in [2.75, 3.05) is 26.8 Å². The van der Waals surface area contributed by atoms with Crippen LogP contribution >= 0.6 is 0 Å². The summed E-state index contributed by atoms with van der Waals surface area (Å²) in [6.07, 6.45) is 3.35. The Morgan fingerprint density at radius 2 is 2.60 bits per heavy atom. The smallest absolute Gasteiger partial charge is 0.126 e. The van der Waals surface area contributed by atoms with Gasteiger partial charge in [0.2, 0.25) is 0 Å². The quantitative estimate of drug-likeness (QED) is 0.556. The monoisotopic (exact) mass is 143 g/mol. The van der Waals surface area contributed by atoms with Crippen molar-refractivity contribution in [3.63, 3.8) is 0 Å². The first-order valence-corrected chi connectivity index (χ1v) is 3.42.